The summed E-state index contributed by atoms with van der Waals surface area (Å²) < 4.78 is 5.08. The molecule has 0 atom stereocenters. The van der Waals surface area contributed by atoms with Crippen molar-refractivity contribution < 1.29 is 0 Å². The third kappa shape index (κ3) is 2.16. The van der Waals surface area contributed by atoms with E-state index in [2.05, 4.69) is 20.9 Å². The van der Waals surface area contributed by atoms with Crippen LogP contribution in [0.4, 0.5) is 0 Å². The van der Waals surface area contributed by atoms with E-state index in [0.29, 0.717) is 29.0 Å². The summed E-state index contributed by atoms with van der Waals surface area (Å²) in [6, 6.07) is 0. The lowest BCUT2D eigenvalue weighted by molar-refractivity contribution is 0.564. The number of imidazole rings is 1. The van der Waals surface area contributed by atoms with Gasteiger partial charge in [0.1, 0.15) is 0 Å². The van der Waals surface area contributed by atoms with Crippen LogP contribution in [0.2, 0.25) is 0 Å². The molecule has 7 heteroatoms. The van der Waals surface area contributed by atoms with Crippen molar-refractivity contribution in [3.63, 3.8) is 0 Å². The van der Waals surface area contributed by atoms with Gasteiger partial charge in [-0.05, 0) is 29.3 Å². The summed E-state index contributed by atoms with van der Waals surface area (Å²) in [7, 11) is 1.64. The maximum atomic E-state index is 12.5. The van der Waals surface area contributed by atoms with Gasteiger partial charge in [-0.15, -0.1) is 0 Å². The van der Waals surface area contributed by atoms with Crippen molar-refractivity contribution in [1.82, 2.24) is 18.7 Å². The fourth-order valence-electron chi connectivity index (χ4n) is 2.15. The fraction of sp³-hybridized carbons (Fsp3) is 0.583. The van der Waals surface area contributed by atoms with Crippen molar-refractivity contribution in [2.75, 3.05) is 0 Å². The van der Waals surface area contributed by atoms with Crippen LogP contribution in [0, 0.1) is 0 Å². The molecule has 0 bridgehead atoms. The minimum absolute atomic E-state index is 0.258. The Morgan fingerprint density at radius 3 is 2.47 bits per heavy atom. The highest BCUT2D eigenvalue weighted by atomic mass is 79.9. The number of unbranched alkanes of at least 4 members (excludes halogenated alkanes) is 1. The molecule has 0 aliphatic heterocycles. The summed E-state index contributed by atoms with van der Waals surface area (Å²) in [6.45, 7) is 5.04. The largest absolute Gasteiger partial charge is 0.332 e. The van der Waals surface area contributed by atoms with E-state index in [0.717, 1.165) is 12.8 Å². The van der Waals surface area contributed by atoms with Gasteiger partial charge in [0, 0.05) is 20.1 Å². The molecule has 0 radical (unpaired) electrons. The third-order valence-electron chi connectivity index (χ3n) is 3.24. The van der Waals surface area contributed by atoms with Gasteiger partial charge in [-0.2, -0.15) is 0 Å². The summed E-state index contributed by atoms with van der Waals surface area (Å²) in [4.78, 5) is 28.9. The summed E-state index contributed by atoms with van der Waals surface area (Å²) in [6.07, 6.45) is 1.74. The van der Waals surface area contributed by atoms with E-state index in [4.69, 9.17) is 0 Å². The SMILES string of the molecule is CCCCn1c(=O)c2c(nc(Br)n2CC)n(C)c1=O. The maximum Gasteiger partial charge on any atom is 0.332 e. The molecular weight excluding hydrogens is 312 g/mol. The summed E-state index contributed by atoms with van der Waals surface area (Å²) in [5.41, 5.74) is 0.342. The topological polar surface area (TPSA) is 61.8 Å². The zero-order valence-corrected chi connectivity index (χ0v) is 12.9. The van der Waals surface area contributed by atoms with Crippen molar-refractivity contribution >= 4 is 27.1 Å². The molecule has 2 aromatic heterocycles. The predicted molar refractivity (Wildman–Crippen MR) is 77.5 cm³/mol. The summed E-state index contributed by atoms with van der Waals surface area (Å²) in [5, 5.41) is 0. The van der Waals surface area contributed by atoms with Gasteiger partial charge in [0.25, 0.3) is 5.56 Å². The van der Waals surface area contributed by atoms with Gasteiger partial charge in [-0.25, -0.2) is 9.78 Å². The molecule has 0 saturated carbocycles. The average molecular weight is 329 g/mol. The lowest BCUT2D eigenvalue weighted by Crippen LogP contribution is -2.39. The van der Waals surface area contributed by atoms with Crippen molar-refractivity contribution in [3.8, 4) is 0 Å². The molecule has 0 aliphatic rings. The first-order valence-corrected chi connectivity index (χ1v) is 7.17. The van der Waals surface area contributed by atoms with E-state index in [9.17, 15) is 9.59 Å². The number of aryl methyl sites for hydroxylation is 2. The first-order chi connectivity index (χ1) is 9.02. The zero-order chi connectivity index (χ0) is 14.2. The number of nitrogens with zero attached hydrogens (tertiary/aromatic N) is 4. The van der Waals surface area contributed by atoms with Crippen LogP contribution in [-0.2, 0) is 20.1 Å². The molecule has 0 amide bonds. The van der Waals surface area contributed by atoms with E-state index in [1.54, 1.807) is 11.6 Å². The number of hydrogen-bond donors (Lipinski definition) is 0. The monoisotopic (exact) mass is 328 g/mol. The van der Waals surface area contributed by atoms with Crippen molar-refractivity contribution in [3.05, 3.63) is 25.6 Å². The van der Waals surface area contributed by atoms with Crippen molar-refractivity contribution in [1.29, 1.82) is 0 Å². The lowest BCUT2D eigenvalue weighted by atomic mass is 10.3. The second kappa shape index (κ2) is 5.32. The van der Waals surface area contributed by atoms with Gasteiger partial charge in [-0.1, -0.05) is 13.3 Å². The van der Waals surface area contributed by atoms with Gasteiger partial charge in [0.05, 0.1) is 0 Å². The summed E-state index contributed by atoms with van der Waals surface area (Å²) >= 11 is 3.33. The van der Waals surface area contributed by atoms with Crippen LogP contribution in [0.1, 0.15) is 26.7 Å². The minimum Gasteiger partial charge on any atom is -0.313 e. The molecule has 2 heterocycles. The van der Waals surface area contributed by atoms with E-state index in [1.807, 2.05) is 13.8 Å². The quantitative estimate of drug-likeness (QED) is 0.798. The Kier molecular flexibility index (Phi) is 3.93. The fourth-order valence-corrected chi connectivity index (χ4v) is 2.74. The van der Waals surface area contributed by atoms with Crippen LogP contribution < -0.4 is 11.2 Å². The average Bonchev–Trinajstić information content (AvgIpc) is 2.73. The summed E-state index contributed by atoms with van der Waals surface area (Å²) in [5.74, 6) is 0. The van der Waals surface area contributed by atoms with E-state index in [1.165, 1.54) is 9.13 Å². The van der Waals surface area contributed by atoms with Crippen molar-refractivity contribution in [2.45, 2.75) is 39.8 Å². The van der Waals surface area contributed by atoms with Gasteiger partial charge in [0.15, 0.2) is 15.9 Å². The Morgan fingerprint density at radius 1 is 1.21 bits per heavy atom. The lowest BCUT2D eigenvalue weighted by Gasteiger charge is -2.08. The van der Waals surface area contributed by atoms with Gasteiger partial charge >= 0.3 is 5.69 Å². The Bertz CT molecular complexity index is 726. The number of rotatable bonds is 4. The third-order valence-corrected chi connectivity index (χ3v) is 3.84. The molecule has 2 aromatic rings. The molecule has 6 nitrogen and oxygen atoms in total. The Balaban J connectivity index is 2.86. The number of aromatic nitrogens is 4. The Hall–Kier alpha value is -1.37. The molecule has 0 unspecified atom stereocenters. The first kappa shape index (κ1) is 14.0. The van der Waals surface area contributed by atoms with Crippen LogP contribution in [0.3, 0.4) is 0 Å². The van der Waals surface area contributed by atoms with E-state index in [-0.39, 0.29) is 11.2 Å². The molecule has 0 fully saturated rings. The van der Waals surface area contributed by atoms with Crippen LogP contribution in [0.5, 0.6) is 0 Å². The molecular formula is C12H17BrN4O2. The van der Waals surface area contributed by atoms with Crippen molar-refractivity contribution in [2.24, 2.45) is 7.05 Å². The van der Waals surface area contributed by atoms with Crippen LogP contribution in [0.15, 0.2) is 14.3 Å². The molecule has 19 heavy (non-hydrogen) atoms. The highest BCUT2D eigenvalue weighted by Gasteiger charge is 2.17. The standard InChI is InChI=1S/C12H17BrN4O2/c1-4-6-7-17-10(18)8-9(15(3)12(17)19)14-11(13)16(8)5-2/h4-7H2,1-3H3. The van der Waals surface area contributed by atoms with Crippen LogP contribution in [-0.4, -0.2) is 18.7 Å². The van der Waals surface area contributed by atoms with Crippen LogP contribution >= 0.6 is 15.9 Å². The zero-order valence-electron chi connectivity index (χ0n) is 11.3. The molecule has 0 saturated heterocycles. The Labute approximate surface area is 118 Å². The molecule has 0 N–H and O–H groups in total. The molecule has 0 aliphatic carbocycles. The molecule has 2 rings (SSSR count). The van der Waals surface area contributed by atoms with Crippen LogP contribution in [0.25, 0.3) is 11.2 Å². The Morgan fingerprint density at radius 2 is 1.89 bits per heavy atom. The highest BCUT2D eigenvalue weighted by Crippen LogP contribution is 2.15. The number of halogens is 1. The minimum atomic E-state index is -0.306. The highest BCUT2D eigenvalue weighted by molar-refractivity contribution is 9.10. The second-order valence-corrected chi connectivity index (χ2v) is 5.16. The predicted octanol–water partition coefficient (Wildman–Crippen LogP) is 1.48. The molecule has 0 spiro atoms. The molecule has 0 aromatic carbocycles. The first-order valence-electron chi connectivity index (χ1n) is 6.38. The van der Waals surface area contributed by atoms with Gasteiger partial charge in [0.2, 0.25) is 0 Å². The smallest absolute Gasteiger partial charge is 0.313 e. The normalized spacial score (nSPS) is 11.4. The molecule has 104 valence electrons. The van der Waals surface area contributed by atoms with Gasteiger partial charge < -0.3 is 4.57 Å². The van der Waals surface area contributed by atoms with E-state index >= 15 is 0 Å². The van der Waals surface area contributed by atoms with E-state index < -0.39 is 0 Å². The second-order valence-electron chi connectivity index (χ2n) is 4.45. The van der Waals surface area contributed by atoms with Gasteiger partial charge in [-0.3, -0.25) is 13.9 Å². The number of hydrogen-bond acceptors (Lipinski definition) is 3. The maximum absolute atomic E-state index is 12.5. The number of fused-ring (bicyclic) bond motifs is 1.